The molecule has 1 aromatic heterocycles. The molecule has 0 aliphatic carbocycles. The molecule has 0 atom stereocenters. The first-order chi connectivity index (χ1) is 14.1. The highest BCUT2D eigenvalue weighted by Gasteiger charge is 2.18. The molecule has 4 rings (SSSR count). The van der Waals surface area contributed by atoms with Gasteiger partial charge in [-0.2, -0.15) is 0 Å². The van der Waals surface area contributed by atoms with E-state index in [0.29, 0.717) is 16.8 Å². The number of amides is 1. The summed E-state index contributed by atoms with van der Waals surface area (Å²) in [5.74, 6) is -0.895. The molecular weight excluding hydrogens is 369 g/mol. The van der Waals surface area contributed by atoms with Crippen LogP contribution < -0.4 is 5.32 Å². The van der Waals surface area contributed by atoms with Crippen molar-refractivity contribution in [1.29, 1.82) is 0 Å². The van der Waals surface area contributed by atoms with Crippen LogP contribution >= 0.6 is 0 Å². The molecule has 0 spiro atoms. The second-order valence-corrected chi connectivity index (χ2v) is 6.34. The zero-order valence-electron chi connectivity index (χ0n) is 15.3. The van der Waals surface area contributed by atoms with Gasteiger partial charge in [0.05, 0.1) is 11.3 Å². The quantitative estimate of drug-likeness (QED) is 0.457. The summed E-state index contributed by atoms with van der Waals surface area (Å²) in [5, 5.41) is 2.71. The molecular formula is C24H16FNO3. The molecule has 29 heavy (non-hydrogen) atoms. The predicted molar refractivity (Wildman–Crippen MR) is 108 cm³/mol. The summed E-state index contributed by atoms with van der Waals surface area (Å²) in [6.07, 6.45) is 0. The molecule has 5 heteroatoms. The first kappa shape index (κ1) is 18.4. The lowest BCUT2D eigenvalue weighted by molar-refractivity contribution is 0.0997. The van der Waals surface area contributed by atoms with Crippen molar-refractivity contribution < 1.29 is 18.4 Å². The van der Waals surface area contributed by atoms with Crippen molar-refractivity contribution in [2.45, 2.75) is 0 Å². The monoisotopic (exact) mass is 385 g/mol. The van der Waals surface area contributed by atoms with Crippen LogP contribution in [0.5, 0.6) is 0 Å². The minimum absolute atomic E-state index is 0.0187. The molecule has 0 aliphatic heterocycles. The third-order valence-electron chi connectivity index (χ3n) is 4.42. The predicted octanol–water partition coefficient (Wildman–Crippen LogP) is 5.57. The van der Waals surface area contributed by atoms with Crippen LogP contribution in [-0.4, -0.2) is 11.7 Å². The molecule has 0 saturated carbocycles. The molecule has 3 aromatic carbocycles. The fourth-order valence-electron chi connectivity index (χ4n) is 2.98. The number of benzene rings is 3. The number of furan rings is 1. The van der Waals surface area contributed by atoms with Crippen molar-refractivity contribution in [3.8, 4) is 11.3 Å². The Hall–Kier alpha value is -3.99. The van der Waals surface area contributed by atoms with Crippen molar-refractivity contribution in [3.05, 3.63) is 114 Å². The maximum Gasteiger partial charge on any atom is 0.291 e. The average Bonchev–Trinajstić information content (AvgIpc) is 3.25. The first-order valence-corrected chi connectivity index (χ1v) is 8.98. The highest BCUT2D eigenvalue weighted by atomic mass is 19.1. The number of ketones is 1. The summed E-state index contributed by atoms with van der Waals surface area (Å²) < 4.78 is 19.5. The number of rotatable bonds is 5. The topological polar surface area (TPSA) is 59.3 Å². The number of anilines is 1. The van der Waals surface area contributed by atoms with Gasteiger partial charge in [0.15, 0.2) is 11.5 Å². The number of para-hydroxylation sites is 1. The summed E-state index contributed by atoms with van der Waals surface area (Å²) in [6, 6.07) is 24.7. The fourth-order valence-corrected chi connectivity index (χ4v) is 2.98. The van der Waals surface area contributed by atoms with Crippen molar-refractivity contribution in [2.24, 2.45) is 0 Å². The third kappa shape index (κ3) is 3.84. The van der Waals surface area contributed by atoms with Crippen LogP contribution in [0.25, 0.3) is 11.3 Å². The van der Waals surface area contributed by atoms with Gasteiger partial charge in [-0.05, 0) is 36.4 Å². The van der Waals surface area contributed by atoms with Gasteiger partial charge in [-0.3, -0.25) is 9.59 Å². The van der Waals surface area contributed by atoms with E-state index in [1.54, 1.807) is 66.7 Å². The standard InChI is InChI=1S/C24H16FNO3/c25-19-12-6-4-10-17(19)21-14-15-22(29-21)24(28)26-20-13-7-5-11-18(20)23(27)16-8-2-1-3-9-16/h1-15H,(H,26,28). The van der Waals surface area contributed by atoms with Gasteiger partial charge in [0.1, 0.15) is 11.6 Å². The van der Waals surface area contributed by atoms with Crippen LogP contribution in [0.4, 0.5) is 10.1 Å². The van der Waals surface area contributed by atoms with Crippen LogP contribution in [0.1, 0.15) is 26.5 Å². The molecule has 0 fully saturated rings. The van der Waals surface area contributed by atoms with E-state index in [2.05, 4.69) is 5.32 Å². The summed E-state index contributed by atoms with van der Waals surface area (Å²) in [4.78, 5) is 25.4. The maximum atomic E-state index is 13.9. The van der Waals surface area contributed by atoms with Crippen molar-refractivity contribution in [3.63, 3.8) is 0 Å². The summed E-state index contributed by atoms with van der Waals surface area (Å²) in [5.41, 5.74) is 1.53. The van der Waals surface area contributed by atoms with Crippen molar-refractivity contribution >= 4 is 17.4 Å². The van der Waals surface area contributed by atoms with Crippen LogP contribution in [-0.2, 0) is 0 Å². The van der Waals surface area contributed by atoms with E-state index in [4.69, 9.17) is 4.42 Å². The van der Waals surface area contributed by atoms with Crippen molar-refractivity contribution in [1.82, 2.24) is 0 Å². The van der Waals surface area contributed by atoms with Gasteiger partial charge in [0.25, 0.3) is 5.91 Å². The van der Waals surface area contributed by atoms with Gasteiger partial charge in [0.2, 0.25) is 0 Å². The van der Waals surface area contributed by atoms with E-state index >= 15 is 0 Å². The number of carbonyl (C=O) groups is 2. The van der Waals surface area contributed by atoms with Gasteiger partial charge in [-0.1, -0.05) is 54.6 Å². The van der Waals surface area contributed by atoms with Crippen LogP contribution in [0.15, 0.2) is 95.4 Å². The Balaban J connectivity index is 1.59. The largest absolute Gasteiger partial charge is 0.451 e. The number of nitrogens with one attached hydrogen (secondary N) is 1. The highest BCUT2D eigenvalue weighted by Crippen LogP contribution is 2.26. The molecule has 4 aromatic rings. The number of hydrogen-bond acceptors (Lipinski definition) is 3. The molecule has 0 radical (unpaired) electrons. The summed E-state index contributed by atoms with van der Waals surface area (Å²) >= 11 is 0. The number of halogens is 1. The molecule has 0 bridgehead atoms. The number of carbonyl (C=O) groups excluding carboxylic acids is 2. The molecule has 0 aliphatic rings. The smallest absolute Gasteiger partial charge is 0.291 e. The zero-order chi connectivity index (χ0) is 20.2. The lowest BCUT2D eigenvalue weighted by atomic mass is 10.0. The Morgan fingerprint density at radius 2 is 1.45 bits per heavy atom. The molecule has 0 saturated heterocycles. The molecule has 1 amide bonds. The fraction of sp³-hybridized carbons (Fsp3) is 0. The average molecular weight is 385 g/mol. The SMILES string of the molecule is O=C(Nc1ccccc1C(=O)c1ccccc1)c1ccc(-c2ccccc2F)o1. The normalized spacial score (nSPS) is 10.5. The third-order valence-corrected chi connectivity index (χ3v) is 4.42. The second-order valence-electron chi connectivity index (χ2n) is 6.34. The zero-order valence-corrected chi connectivity index (χ0v) is 15.3. The van der Waals surface area contributed by atoms with Gasteiger partial charge in [-0.25, -0.2) is 4.39 Å². The van der Waals surface area contributed by atoms with E-state index in [9.17, 15) is 14.0 Å². The highest BCUT2D eigenvalue weighted by molar-refractivity contribution is 6.15. The molecule has 0 unspecified atom stereocenters. The van der Waals surface area contributed by atoms with E-state index in [1.807, 2.05) is 6.07 Å². The minimum Gasteiger partial charge on any atom is -0.451 e. The summed E-state index contributed by atoms with van der Waals surface area (Å²) in [7, 11) is 0. The minimum atomic E-state index is -0.527. The molecule has 1 N–H and O–H groups in total. The van der Waals surface area contributed by atoms with E-state index in [1.165, 1.54) is 18.2 Å². The van der Waals surface area contributed by atoms with Gasteiger partial charge >= 0.3 is 0 Å². The van der Waals surface area contributed by atoms with E-state index in [0.717, 1.165) is 0 Å². The maximum absolute atomic E-state index is 13.9. The number of hydrogen-bond donors (Lipinski definition) is 1. The van der Waals surface area contributed by atoms with Gasteiger partial charge < -0.3 is 9.73 Å². The van der Waals surface area contributed by atoms with Gasteiger partial charge in [-0.15, -0.1) is 0 Å². The Labute approximate surface area is 166 Å². The van der Waals surface area contributed by atoms with Crippen LogP contribution in [0, 0.1) is 5.82 Å². The lowest BCUT2D eigenvalue weighted by Gasteiger charge is -2.09. The van der Waals surface area contributed by atoms with Gasteiger partial charge in [0, 0.05) is 11.1 Å². The second kappa shape index (κ2) is 7.94. The first-order valence-electron chi connectivity index (χ1n) is 8.98. The molecule has 4 nitrogen and oxygen atoms in total. The van der Waals surface area contributed by atoms with E-state index in [-0.39, 0.29) is 22.9 Å². The van der Waals surface area contributed by atoms with Crippen molar-refractivity contribution in [2.75, 3.05) is 5.32 Å². The van der Waals surface area contributed by atoms with Crippen LogP contribution in [0.2, 0.25) is 0 Å². The Kier molecular flexibility index (Phi) is 5.03. The Morgan fingerprint density at radius 1 is 0.759 bits per heavy atom. The Bertz CT molecular complexity index is 1180. The van der Waals surface area contributed by atoms with Crippen LogP contribution in [0.3, 0.4) is 0 Å². The molecule has 142 valence electrons. The van der Waals surface area contributed by atoms with E-state index < -0.39 is 11.7 Å². The summed E-state index contributed by atoms with van der Waals surface area (Å²) in [6.45, 7) is 0. The molecule has 1 heterocycles. The Morgan fingerprint density at radius 3 is 2.24 bits per heavy atom. The lowest BCUT2D eigenvalue weighted by Crippen LogP contribution is -2.14.